The number of aromatic nitrogens is 2. The van der Waals surface area contributed by atoms with Crippen LogP contribution < -0.4 is 0 Å². The summed E-state index contributed by atoms with van der Waals surface area (Å²) in [5.41, 5.74) is 0.373. The smallest absolute Gasteiger partial charge is 0.309 e. The highest BCUT2D eigenvalue weighted by Gasteiger charge is 2.10. The second kappa shape index (κ2) is 4.37. The van der Waals surface area contributed by atoms with Crippen molar-refractivity contribution in [3.05, 3.63) is 22.7 Å². The van der Waals surface area contributed by atoms with Crippen LogP contribution in [0.15, 0.2) is 6.20 Å². The fourth-order valence-electron chi connectivity index (χ4n) is 0.963. The normalized spacial score (nSPS) is 10.6. The van der Waals surface area contributed by atoms with Gasteiger partial charge in [0.25, 0.3) is 0 Å². The highest BCUT2D eigenvalue weighted by Crippen LogP contribution is 2.16. The lowest BCUT2D eigenvalue weighted by Gasteiger charge is -2.06. The Morgan fingerprint density at radius 2 is 2.29 bits per heavy atom. The summed E-state index contributed by atoms with van der Waals surface area (Å²) in [6.07, 6.45) is 1.28. The lowest BCUT2D eigenvalue weighted by molar-refractivity contribution is -0.136. The molecule has 0 aliphatic rings. The number of nitrogens with zero attached hydrogens (tertiary/aromatic N) is 2. The molecule has 76 valence electrons. The van der Waals surface area contributed by atoms with Crippen LogP contribution in [0.4, 0.5) is 0 Å². The Morgan fingerprint density at radius 1 is 1.64 bits per heavy atom. The van der Waals surface area contributed by atoms with Gasteiger partial charge in [-0.3, -0.25) is 4.79 Å². The van der Waals surface area contributed by atoms with Gasteiger partial charge < -0.3 is 5.11 Å². The number of carboxylic acids is 1. The van der Waals surface area contributed by atoms with Gasteiger partial charge in [0.15, 0.2) is 0 Å². The molecule has 0 aliphatic carbocycles. The summed E-state index contributed by atoms with van der Waals surface area (Å²) in [4.78, 5) is 18.6. The number of carboxylic acid groups (broad SMARTS) is 1. The van der Waals surface area contributed by atoms with Gasteiger partial charge >= 0.3 is 5.97 Å². The molecule has 0 aliphatic heterocycles. The van der Waals surface area contributed by atoms with Crippen molar-refractivity contribution in [3.63, 3.8) is 0 Å². The fourth-order valence-corrected chi connectivity index (χ4v) is 1.12. The Morgan fingerprint density at radius 3 is 2.79 bits per heavy atom. The summed E-state index contributed by atoms with van der Waals surface area (Å²) >= 11 is 5.76. The van der Waals surface area contributed by atoms with Crippen molar-refractivity contribution in [2.24, 2.45) is 0 Å². The maximum absolute atomic E-state index is 10.5. The molecule has 4 nitrogen and oxygen atoms in total. The first-order chi connectivity index (χ1) is 6.50. The van der Waals surface area contributed by atoms with Gasteiger partial charge in [0.2, 0.25) is 0 Å². The summed E-state index contributed by atoms with van der Waals surface area (Å²) in [6, 6.07) is 0. The third-order valence-corrected chi connectivity index (χ3v) is 1.99. The summed E-state index contributed by atoms with van der Waals surface area (Å²) in [6.45, 7) is 3.88. The number of aliphatic carboxylic acids is 1. The molecule has 0 spiro atoms. The average molecular weight is 215 g/mol. The lowest BCUT2D eigenvalue weighted by atomic mass is 10.2. The lowest BCUT2D eigenvalue weighted by Crippen LogP contribution is -2.07. The van der Waals surface area contributed by atoms with Crippen LogP contribution in [0, 0.1) is 0 Å². The van der Waals surface area contributed by atoms with Crippen LogP contribution in [0.2, 0.25) is 5.02 Å². The Balaban J connectivity index is 3.02. The van der Waals surface area contributed by atoms with Crippen LogP contribution in [-0.4, -0.2) is 21.0 Å². The van der Waals surface area contributed by atoms with E-state index in [1.165, 1.54) is 6.20 Å². The Hall–Kier alpha value is -1.16. The molecule has 0 fully saturated rings. The van der Waals surface area contributed by atoms with E-state index < -0.39 is 5.97 Å². The zero-order valence-electron chi connectivity index (χ0n) is 7.99. The van der Waals surface area contributed by atoms with Crippen LogP contribution in [-0.2, 0) is 11.2 Å². The molecule has 14 heavy (non-hydrogen) atoms. The maximum atomic E-state index is 10.5. The molecule has 0 amide bonds. The first-order valence-electron chi connectivity index (χ1n) is 4.23. The topological polar surface area (TPSA) is 63.1 Å². The monoisotopic (exact) mass is 214 g/mol. The number of rotatable bonds is 3. The van der Waals surface area contributed by atoms with Gasteiger partial charge in [0.1, 0.15) is 5.82 Å². The van der Waals surface area contributed by atoms with Crippen molar-refractivity contribution in [1.29, 1.82) is 0 Å². The minimum absolute atomic E-state index is 0.166. The number of carbonyl (C=O) groups is 1. The molecule has 0 bridgehead atoms. The van der Waals surface area contributed by atoms with Gasteiger partial charge in [0, 0.05) is 12.1 Å². The van der Waals surface area contributed by atoms with Crippen LogP contribution in [0.3, 0.4) is 0 Å². The molecule has 0 aromatic carbocycles. The van der Waals surface area contributed by atoms with Crippen molar-refractivity contribution in [3.8, 4) is 0 Å². The molecule has 0 saturated carbocycles. The van der Waals surface area contributed by atoms with Crippen molar-refractivity contribution < 1.29 is 9.90 Å². The quantitative estimate of drug-likeness (QED) is 0.835. The number of halogens is 1. The standard InChI is InChI=1S/C9H11ClN2O2/c1-5(2)9-11-4-6(10)7(12-9)3-8(13)14/h4-5H,3H2,1-2H3,(H,13,14). The third kappa shape index (κ3) is 2.67. The maximum Gasteiger partial charge on any atom is 0.309 e. The third-order valence-electron chi connectivity index (χ3n) is 1.67. The molecule has 1 aromatic rings. The summed E-state index contributed by atoms with van der Waals surface area (Å²) in [5.74, 6) is -0.161. The van der Waals surface area contributed by atoms with Crippen LogP contribution in [0.25, 0.3) is 0 Å². The van der Waals surface area contributed by atoms with Crippen molar-refractivity contribution >= 4 is 17.6 Å². The summed E-state index contributed by atoms with van der Waals surface area (Å²) in [7, 11) is 0. The predicted molar refractivity (Wildman–Crippen MR) is 52.5 cm³/mol. The van der Waals surface area contributed by atoms with E-state index in [-0.39, 0.29) is 12.3 Å². The zero-order valence-corrected chi connectivity index (χ0v) is 8.75. The Kier molecular flexibility index (Phi) is 3.41. The van der Waals surface area contributed by atoms with Gasteiger partial charge in [-0.15, -0.1) is 0 Å². The molecule has 1 aromatic heterocycles. The molecule has 1 N–H and O–H groups in total. The largest absolute Gasteiger partial charge is 0.481 e. The summed E-state index contributed by atoms with van der Waals surface area (Å²) < 4.78 is 0. The van der Waals surface area contributed by atoms with Crippen LogP contribution >= 0.6 is 11.6 Å². The van der Waals surface area contributed by atoms with Gasteiger partial charge in [0.05, 0.1) is 17.1 Å². The number of hydrogen-bond donors (Lipinski definition) is 1. The van der Waals surface area contributed by atoms with E-state index in [1.807, 2.05) is 13.8 Å². The van der Waals surface area contributed by atoms with Crippen molar-refractivity contribution in [2.75, 3.05) is 0 Å². The highest BCUT2D eigenvalue weighted by molar-refractivity contribution is 6.31. The van der Waals surface area contributed by atoms with Gasteiger partial charge in [-0.05, 0) is 0 Å². The molecule has 0 unspecified atom stereocenters. The second-order valence-electron chi connectivity index (χ2n) is 3.25. The average Bonchev–Trinajstić information content (AvgIpc) is 2.07. The highest BCUT2D eigenvalue weighted by atomic mass is 35.5. The fraction of sp³-hybridized carbons (Fsp3) is 0.444. The van der Waals surface area contributed by atoms with Crippen molar-refractivity contribution in [2.45, 2.75) is 26.2 Å². The molecule has 0 radical (unpaired) electrons. The summed E-state index contributed by atoms with van der Waals surface area (Å²) in [5, 5.41) is 8.90. The predicted octanol–water partition coefficient (Wildman–Crippen LogP) is 1.88. The first-order valence-corrected chi connectivity index (χ1v) is 4.61. The molecule has 1 heterocycles. The van der Waals surface area contributed by atoms with E-state index >= 15 is 0 Å². The van der Waals surface area contributed by atoms with Gasteiger partial charge in [-0.2, -0.15) is 0 Å². The molecule has 0 atom stereocenters. The van der Waals surface area contributed by atoms with E-state index in [1.54, 1.807) is 0 Å². The molecular weight excluding hydrogens is 204 g/mol. The van der Waals surface area contributed by atoms with E-state index in [4.69, 9.17) is 16.7 Å². The molecule has 5 heteroatoms. The Labute approximate surface area is 87.0 Å². The minimum atomic E-state index is -0.944. The van der Waals surface area contributed by atoms with Gasteiger partial charge in [-0.1, -0.05) is 25.4 Å². The van der Waals surface area contributed by atoms with E-state index in [2.05, 4.69) is 9.97 Å². The van der Waals surface area contributed by atoms with Crippen molar-refractivity contribution in [1.82, 2.24) is 9.97 Å². The second-order valence-corrected chi connectivity index (χ2v) is 3.66. The van der Waals surface area contributed by atoms with Crippen LogP contribution in [0.5, 0.6) is 0 Å². The molecule has 1 rings (SSSR count). The van der Waals surface area contributed by atoms with E-state index in [9.17, 15) is 4.79 Å². The van der Waals surface area contributed by atoms with Gasteiger partial charge in [-0.25, -0.2) is 9.97 Å². The molecule has 0 saturated heterocycles. The first kappa shape index (κ1) is 10.9. The zero-order chi connectivity index (χ0) is 10.7. The SMILES string of the molecule is CC(C)c1ncc(Cl)c(CC(=O)O)n1. The Bertz CT molecular complexity index is 353. The molecular formula is C9H11ClN2O2. The van der Waals surface area contributed by atoms with E-state index in [0.29, 0.717) is 16.5 Å². The number of hydrogen-bond acceptors (Lipinski definition) is 3. The minimum Gasteiger partial charge on any atom is -0.481 e. The van der Waals surface area contributed by atoms with E-state index in [0.717, 1.165) is 0 Å². The van der Waals surface area contributed by atoms with Crippen LogP contribution in [0.1, 0.15) is 31.3 Å².